The molecular weight excluding hydrogens is 762 g/mol. The fourth-order valence-corrected chi connectivity index (χ4v) is 11.5. The molecule has 57 heavy (non-hydrogen) atoms. The lowest BCUT2D eigenvalue weighted by Crippen LogP contribution is -2.58. The lowest BCUT2D eigenvalue weighted by Gasteiger charge is -2.43. The van der Waals surface area contributed by atoms with Crippen LogP contribution in [0.1, 0.15) is 103 Å². The number of pyridine rings is 1. The Balaban J connectivity index is 0.927. The summed E-state index contributed by atoms with van der Waals surface area (Å²) in [5.41, 5.74) is 3.32. The number of amides is 3. The summed E-state index contributed by atoms with van der Waals surface area (Å²) in [6, 6.07) is 16.2. The summed E-state index contributed by atoms with van der Waals surface area (Å²) in [6.45, 7) is 5.05. The summed E-state index contributed by atoms with van der Waals surface area (Å²) < 4.78 is 26.5. The molecule has 0 radical (unpaired) electrons. The fraction of sp³-hybridized carbons (Fsp3) is 0.465. The van der Waals surface area contributed by atoms with E-state index in [1.807, 2.05) is 48.5 Å². The van der Waals surface area contributed by atoms with Gasteiger partial charge in [0, 0.05) is 42.1 Å². The third-order valence-corrected chi connectivity index (χ3v) is 14.8. The quantitative estimate of drug-likeness (QED) is 0.100. The second kappa shape index (κ2) is 16.7. The van der Waals surface area contributed by atoms with E-state index in [1.165, 1.54) is 35.3 Å². The number of fused-ring (bicyclic) bond motifs is 2. The molecule has 12 nitrogen and oxygen atoms in total. The zero-order chi connectivity index (χ0) is 39.7. The van der Waals surface area contributed by atoms with Crippen molar-refractivity contribution in [2.75, 3.05) is 19.7 Å². The average molecular weight is 812 g/mol. The van der Waals surface area contributed by atoms with Gasteiger partial charge in [-0.25, -0.2) is 5.09 Å². The number of carbonyl (C=O) groups is 4. The molecule has 3 amide bonds. The number of ether oxygens (including phenoxy) is 1. The lowest BCUT2D eigenvalue weighted by molar-refractivity contribution is -0.148. The molecule has 1 saturated carbocycles. The van der Waals surface area contributed by atoms with Gasteiger partial charge < -0.3 is 24.4 Å². The molecule has 3 saturated heterocycles. The summed E-state index contributed by atoms with van der Waals surface area (Å²) in [6.07, 6.45) is 10.4. The van der Waals surface area contributed by atoms with Gasteiger partial charge in [-0.2, -0.15) is 0 Å². The molecule has 2 N–H and O–H groups in total. The summed E-state index contributed by atoms with van der Waals surface area (Å²) in [5, 5.41) is 6.72. The topological polar surface area (TPSA) is 147 Å². The van der Waals surface area contributed by atoms with Crippen LogP contribution in [0, 0.1) is 0 Å². The van der Waals surface area contributed by atoms with Crippen LogP contribution in [0.2, 0.25) is 0 Å². The number of likely N-dealkylation sites (tertiary alicyclic amines) is 1. The first kappa shape index (κ1) is 39.3. The van der Waals surface area contributed by atoms with Gasteiger partial charge in [-0.3, -0.25) is 28.7 Å². The first-order valence-corrected chi connectivity index (χ1v) is 22.9. The maximum atomic E-state index is 14.3. The monoisotopic (exact) mass is 811 g/mol. The SMILES string of the molecule is CCCOC(=O)[C@H](C)NP(=O)(Cc1ccc2sc(C(=O)N[C@H]3CCC[C@H]4CCC(C(=O)N5CC(c6cnccc6C6CC6)C5)N4C3=O)cc2c1)Oc1ccccc1. The second-order valence-electron chi connectivity index (χ2n) is 15.9. The maximum Gasteiger partial charge on any atom is 0.323 e. The molecule has 4 aromatic rings. The molecule has 2 unspecified atom stereocenters. The summed E-state index contributed by atoms with van der Waals surface area (Å²) in [5.74, 6) is 0.255. The minimum Gasteiger partial charge on any atom is -0.465 e. The summed E-state index contributed by atoms with van der Waals surface area (Å²) >= 11 is 1.32. The van der Waals surface area contributed by atoms with Gasteiger partial charge in [0.15, 0.2) is 0 Å². The van der Waals surface area contributed by atoms with E-state index in [-0.39, 0.29) is 42.5 Å². The molecule has 4 fully saturated rings. The third kappa shape index (κ3) is 8.66. The van der Waals surface area contributed by atoms with Crippen LogP contribution >= 0.6 is 18.9 Å². The molecule has 2 aromatic carbocycles. The normalized spacial score (nSPS) is 22.6. The number of aromatic nitrogens is 1. The van der Waals surface area contributed by atoms with Gasteiger partial charge in [0.05, 0.1) is 17.6 Å². The fourth-order valence-electron chi connectivity index (χ4n) is 8.53. The van der Waals surface area contributed by atoms with Crippen molar-refractivity contribution in [3.63, 3.8) is 0 Å². The molecule has 0 bridgehead atoms. The number of nitrogens with one attached hydrogen (secondary N) is 2. The first-order valence-electron chi connectivity index (χ1n) is 20.3. The third-order valence-electron chi connectivity index (χ3n) is 11.6. The molecule has 5 atom stereocenters. The van der Waals surface area contributed by atoms with Crippen LogP contribution in [0.15, 0.2) is 73.1 Å². The van der Waals surface area contributed by atoms with E-state index < -0.39 is 31.6 Å². The Hall–Kier alpha value is -4.58. The van der Waals surface area contributed by atoms with Crippen molar-refractivity contribution >= 4 is 52.6 Å². The highest BCUT2D eigenvalue weighted by molar-refractivity contribution is 7.56. The number of carbonyl (C=O) groups excluding carboxylic acids is 4. The highest BCUT2D eigenvalue weighted by Crippen LogP contribution is 2.48. The summed E-state index contributed by atoms with van der Waals surface area (Å²) in [7, 11) is -3.68. The van der Waals surface area contributed by atoms with Crippen molar-refractivity contribution in [1.82, 2.24) is 25.2 Å². The Morgan fingerprint density at radius 3 is 2.54 bits per heavy atom. The number of thiophene rings is 1. The number of esters is 1. The van der Waals surface area contributed by atoms with E-state index >= 15 is 0 Å². The Kier molecular flexibility index (Phi) is 11.5. The van der Waals surface area contributed by atoms with Crippen LogP contribution in [0.3, 0.4) is 0 Å². The molecule has 1 aliphatic carbocycles. The highest BCUT2D eigenvalue weighted by atomic mass is 32.1. The second-order valence-corrected chi connectivity index (χ2v) is 19.1. The number of para-hydroxylation sites is 1. The Labute approximate surface area is 337 Å². The first-order chi connectivity index (χ1) is 27.6. The zero-order valence-electron chi connectivity index (χ0n) is 32.4. The molecule has 300 valence electrons. The van der Waals surface area contributed by atoms with Gasteiger partial charge in [0.1, 0.15) is 23.9 Å². The van der Waals surface area contributed by atoms with Crippen LogP contribution in [-0.2, 0) is 29.8 Å². The predicted molar refractivity (Wildman–Crippen MR) is 218 cm³/mol. The van der Waals surface area contributed by atoms with Gasteiger partial charge in [-0.05, 0) is 123 Å². The van der Waals surface area contributed by atoms with Crippen molar-refractivity contribution in [1.29, 1.82) is 0 Å². The molecule has 8 rings (SSSR count). The van der Waals surface area contributed by atoms with Crippen molar-refractivity contribution < 1.29 is 33.0 Å². The molecule has 14 heteroatoms. The molecular formula is C43H50N5O7PS. The number of hydrogen-bond acceptors (Lipinski definition) is 9. The van der Waals surface area contributed by atoms with Crippen LogP contribution in [-0.4, -0.2) is 82.3 Å². The Bertz CT molecular complexity index is 2190. The predicted octanol–water partition coefficient (Wildman–Crippen LogP) is 7.15. The molecule has 4 aliphatic rings. The van der Waals surface area contributed by atoms with E-state index in [0.717, 1.165) is 29.3 Å². The number of rotatable bonds is 14. The van der Waals surface area contributed by atoms with Crippen LogP contribution in [0.4, 0.5) is 0 Å². The van der Waals surface area contributed by atoms with Crippen LogP contribution in [0.5, 0.6) is 5.75 Å². The van der Waals surface area contributed by atoms with E-state index in [9.17, 15) is 23.7 Å². The molecule has 5 heterocycles. The zero-order valence-corrected chi connectivity index (χ0v) is 34.1. The lowest BCUT2D eigenvalue weighted by atomic mass is 9.87. The van der Waals surface area contributed by atoms with Crippen molar-refractivity contribution in [2.45, 2.75) is 107 Å². The van der Waals surface area contributed by atoms with Crippen LogP contribution < -0.4 is 14.9 Å². The van der Waals surface area contributed by atoms with E-state index in [0.29, 0.717) is 54.5 Å². The molecule has 3 aliphatic heterocycles. The summed E-state index contributed by atoms with van der Waals surface area (Å²) in [4.78, 5) is 62.9. The molecule has 0 spiro atoms. The van der Waals surface area contributed by atoms with Gasteiger partial charge in [-0.1, -0.05) is 31.2 Å². The van der Waals surface area contributed by atoms with Crippen molar-refractivity contribution in [3.05, 3.63) is 94.6 Å². The van der Waals surface area contributed by atoms with Gasteiger partial charge in [-0.15, -0.1) is 11.3 Å². The standard InChI is InChI=1S/C43H50N5O7PS/c1-3-20-54-43(52)27(2)46-56(53,55-33-9-5-4-6-10-33)26-28-12-17-38-30(21-28)22-39(57-38)40(49)45-36-11-7-8-32-15-16-37(48(32)41(36)50)42(51)47-24-31(25-47)35-23-44-19-18-34(35)29-13-14-29/h4-6,9-10,12,17-19,21-23,27,29,31-32,36-37H,3,7-8,11,13-16,20,24-26H2,1-2H3,(H,45,49)(H,46,53)/t27-,32-,36-,37?,56?/m0/s1. The van der Waals surface area contributed by atoms with Gasteiger partial charge in [0.2, 0.25) is 11.8 Å². The van der Waals surface area contributed by atoms with Gasteiger partial charge in [0.25, 0.3) is 5.91 Å². The van der Waals surface area contributed by atoms with E-state index in [2.05, 4.69) is 21.5 Å². The minimum absolute atomic E-state index is 0.00530. The maximum absolute atomic E-state index is 14.3. The number of nitrogens with zero attached hydrogens (tertiary/aromatic N) is 3. The van der Waals surface area contributed by atoms with Crippen molar-refractivity contribution in [2.24, 2.45) is 0 Å². The highest BCUT2D eigenvalue weighted by Gasteiger charge is 2.48. The van der Waals surface area contributed by atoms with E-state index in [1.54, 1.807) is 42.2 Å². The Morgan fingerprint density at radius 2 is 1.77 bits per heavy atom. The number of benzene rings is 2. The smallest absolute Gasteiger partial charge is 0.323 e. The van der Waals surface area contributed by atoms with E-state index in [4.69, 9.17) is 9.26 Å². The number of hydrogen-bond donors (Lipinski definition) is 2. The minimum atomic E-state index is -3.68. The largest absolute Gasteiger partial charge is 0.465 e. The Morgan fingerprint density at radius 1 is 0.965 bits per heavy atom. The van der Waals surface area contributed by atoms with Gasteiger partial charge >= 0.3 is 13.5 Å². The molecule has 2 aromatic heterocycles. The van der Waals surface area contributed by atoms with Crippen LogP contribution in [0.25, 0.3) is 10.1 Å². The average Bonchev–Trinajstić information content (AvgIpc) is 3.84. The van der Waals surface area contributed by atoms with Crippen molar-refractivity contribution in [3.8, 4) is 5.75 Å².